The fraction of sp³-hybridized carbons (Fsp3) is 0.562. The van der Waals surface area contributed by atoms with E-state index in [2.05, 4.69) is 0 Å². The molecule has 1 amide bonds. The number of benzene rings is 1. The van der Waals surface area contributed by atoms with Crippen LogP contribution in [0.4, 0.5) is 4.79 Å². The van der Waals surface area contributed by atoms with Gasteiger partial charge in [-0.25, -0.2) is 4.79 Å². The number of hydrogen-bond acceptors (Lipinski definition) is 4. The highest BCUT2D eigenvalue weighted by molar-refractivity contribution is 5.69. The number of aliphatic hydroxyl groups is 1. The predicted octanol–water partition coefficient (Wildman–Crippen LogP) is 2.22. The minimum atomic E-state index is -0.886. The van der Waals surface area contributed by atoms with Gasteiger partial charge in [0.2, 0.25) is 0 Å². The highest BCUT2D eigenvalue weighted by Crippen LogP contribution is 2.28. The third-order valence-electron chi connectivity index (χ3n) is 3.29. The maximum Gasteiger partial charge on any atom is 0.410 e. The number of ether oxygens (including phenoxy) is 2. The molecule has 0 atom stereocenters. The van der Waals surface area contributed by atoms with Crippen LogP contribution in [0.1, 0.15) is 26.3 Å². The molecule has 1 aromatic carbocycles. The van der Waals surface area contributed by atoms with Crippen molar-refractivity contribution in [1.29, 1.82) is 0 Å². The zero-order valence-electron chi connectivity index (χ0n) is 13.0. The Hall–Kier alpha value is -1.75. The van der Waals surface area contributed by atoms with Gasteiger partial charge in [-0.2, -0.15) is 0 Å². The highest BCUT2D eigenvalue weighted by atomic mass is 16.6. The van der Waals surface area contributed by atoms with E-state index in [0.717, 1.165) is 11.3 Å². The van der Waals surface area contributed by atoms with E-state index in [0.29, 0.717) is 19.5 Å². The number of rotatable bonds is 3. The zero-order valence-corrected chi connectivity index (χ0v) is 13.0. The monoisotopic (exact) mass is 293 g/mol. The van der Waals surface area contributed by atoms with Crippen LogP contribution in [0.15, 0.2) is 24.3 Å². The second-order valence-electron chi connectivity index (χ2n) is 6.59. The second kappa shape index (κ2) is 5.56. The Morgan fingerprint density at radius 1 is 1.38 bits per heavy atom. The van der Waals surface area contributed by atoms with Crippen molar-refractivity contribution >= 4 is 6.09 Å². The molecule has 0 unspecified atom stereocenters. The lowest BCUT2D eigenvalue weighted by Crippen LogP contribution is -2.65. The van der Waals surface area contributed by atoms with E-state index in [9.17, 15) is 9.90 Å². The van der Waals surface area contributed by atoms with Crippen LogP contribution in [0.2, 0.25) is 0 Å². The third-order valence-corrected chi connectivity index (χ3v) is 3.29. The highest BCUT2D eigenvalue weighted by Gasteiger charge is 2.45. The summed E-state index contributed by atoms with van der Waals surface area (Å²) in [5, 5.41) is 10.5. The summed E-state index contributed by atoms with van der Waals surface area (Å²) in [4.78, 5) is 13.4. The molecule has 0 aliphatic carbocycles. The Bertz CT molecular complexity index is 515. The molecule has 1 N–H and O–H groups in total. The quantitative estimate of drug-likeness (QED) is 0.928. The Labute approximate surface area is 125 Å². The normalized spacial score (nSPS) is 17.1. The molecule has 116 valence electrons. The van der Waals surface area contributed by atoms with Crippen LogP contribution in [-0.4, -0.2) is 47.5 Å². The van der Waals surface area contributed by atoms with Crippen LogP contribution in [0, 0.1) is 0 Å². The number of hydrogen-bond donors (Lipinski definition) is 1. The number of amides is 1. The smallest absolute Gasteiger partial charge is 0.410 e. The lowest BCUT2D eigenvalue weighted by molar-refractivity contribution is -0.0973. The Morgan fingerprint density at radius 2 is 2.05 bits per heavy atom. The topological polar surface area (TPSA) is 59.0 Å². The molecule has 5 nitrogen and oxygen atoms in total. The first-order valence-corrected chi connectivity index (χ1v) is 7.04. The summed E-state index contributed by atoms with van der Waals surface area (Å²) in [6.07, 6.45) is 0.113. The van der Waals surface area contributed by atoms with Crippen molar-refractivity contribution in [3.05, 3.63) is 29.8 Å². The summed E-state index contributed by atoms with van der Waals surface area (Å²) in [5.74, 6) is 0.763. The summed E-state index contributed by atoms with van der Waals surface area (Å²) in [5.41, 5.74) is -0.415. The van der Waals surface area contributed by atoms with Crippen molar-refractivity contribution < 1.29 is 19.4 Å². The fourth-order valence-corrected chi connectivity index (χ4v) is 2.39. The van der Waals surface area contributed by atoms with Gasteiger partial charge in [0.15, 0.2) is 0 Å². The lowest BCUT2D eigenvalue weighted by atomic mass is 9.87. The molecule has 2 rings (SSSR count). The van der Waals surface area contributed by atoms with Crippen LogP contribution >= 0.6 is 0 Å². The van der Waals surface area contributed by atoms with Gasteiger partial charge in [0.05, 0.1) is 20.2 Å². The molecule has 0 spiro atoms. The van der Waals surface area contributed by atoms with Crippen molar-refractivity contribution in [3.8, 4) is 5.75 Å². The molecule has 0 saturated carbocycles. The number of methoxy groups -OCH3 is 1. The number of carbonyl (C=O) groups is 1. The predicted molar refractivity (Wildman–Crippen MR) is 79.5 cm³/mol. The molecule has 0 bridgehead atoms. The SMILES string of the molecule is COc1cccc(CC2(O)CN(C(=O)OC(C)(C)C)C2)c1. The average molecular weight is 293 g/mol. The molecule has 1 saturated heterocycles. The van der Waals surface area contributed by atoms with Gasteiger partial charge in [-0.1, -0.05) is 12.1 Å². The van der Waals surface area contributed by atoms with Gasteiger partial charge in [-0.05, 0) is 38.5 Å². The zero-order chi connectivity index (χ0) is 15.7. The Kier molecular flexibility index (Phi) is 4.14. The standard InChI is InChI=1S/C16H23NO4/c1-15(2,3)21-14(18)17-10-16(19,11-17)9-12-6-5-7-13(8-12)20-4/h5-8,19H,9-11H2,1-4H3. The van der Waals surface area contributed by atoms with Gasteiger partial charge in [-0.3, -0.25) is 0 Å². The minimum Gasteiger partial charge on any atom is -0.497 e. The van der Waals surface area contributed by atoms with Crippen molar-refractivity contribution in [1.82, 2.24) is 4.90 Å². The minimum absolute atomic E-state index is 0.291. The van der Waals surface area contributed by atoms with Crippen LogP contribution in [0.25, 0.3) is 0 Å². The third kappa shape index (κ3) is 4.11. The van der Waals surface area contributed by atoms with E-state index in [-0.39, 0.29) is 6.09 Å². The second-order valence-corrected chi connectivity index (χ2v) is 6.59. The first-order chi connectivity index (χ1) is 9.71. The van der Waals surface area contributed by atoms with Crippen molar-refractivity contribution in [3.63, 3.8) is 0 Å². The lowest BCUT2D eigenvalue weighted by Gasteiger charge is -2.46. The summed E-state index contributed by atoms with van der Waals surface area (Å²) in [6.45, 7) is 6.06. The summed E-state index contributed by atoms with van der Waals surface area (Å²) in [7, 11) is 1.61. The molecule has 0 aromatic heterocycles. The van der Waals surface area contributed by atoms with Crippen molar-refractivity contribution in [2.24, 2.45) is 0 Å². The van der Waals surface area contributed by atoms with Gasteiger partial charge in [0.25, 0.3) is 0 Å². The van der Waals surface area contributed by atoms with Gasteiger partial charge in [0.1, 0.15) is 17.0 Å². The van der Waals surface area contributed by atoms with E-state index >= 15 is 0 Å². The summed E-state index contributed by atoms with van der Waals surface area (Å²) < 4.78 is 10.4. The summed E-state index contributed by atoms with van der Waals surface area (Å²) >= 11 is 0. The first kappa shape index (κ1) is 15.6. The van der Waals surface area contributed by atoms with Gasteiger partial charge in [0, 0.05) is 6.42 Å². The first-order valence-electron chi connectivity index (χ1n) is 7.04. The van der Waals surface area contributed by atoms with E-state index in [1.807, 2.05) is 45.0 Å². The van der Waals surface area contributed by atoms with Crippen LogP contribution < -0.4 is 4.74 Å². The molecule has 21 heavy (non-hydrogen) atoms. The molecule has 1 aliphatic rings. The average Bonchev–Trinajstić information content (AvgIpc) is 2.34. The van der Waals surface area contributed by atoms with Gasteiger partial charge >= 0.3 is 6.09 Å². The molecular formula is C16H23NO4. The molecule has 5 heteroatoms. The Morgan fingerprint density at radius 3 is 2.62 bits per heavy atom. The number of nitrogens with zero attached hydrogens (tertiary/aromatic N) is 1. The van der Waals surface area contributed by atoms with E-state index in [1.165, 1.54) is 4.90 Å². The largest absolute Gasteiger partial charge is 0.497 e. The molecule has 1 aromatic rings. The van der Waals surface area contributed by atoms with E-state index in [1.54, 1.807) is 7.11 Å². The molecular weight excluding hydrogens is 270 g/mol. The van der Waals surface area contributed by atoms with Gasteiger partial charge in [-0.15, -0.1) is 0 Å². The summed E-state index contributed by atoms with van der Waals surface area (Å²) in [6, 6.07) is 7.59. The maximum absolute atomic E-state index is 11.9. The van der Waals surface area contributed by atoms with E-state index < -0.39 is 11.2 Å². The molecule has 0 radical (unpaired) electrons. The van der Waals surface area contributed by atoms with Crippen molar-refractivity contribution in [2.75, 3.05) is 20.2 Å². The molecule has 1 fully saturated rings. The maximum atomic E-state index is 11.9. The Balaban J connectivity index is 1.90. The molecule has 1 heterocycles. The molecule has 1 aliphatic heterocycles. The van der Waals surface area contributed by atoms with E-state index in [4.69, 9.17) is 9.47 Å². The van der Waals surface area contributed by atoms with Gasteiger partial charge < -0.3 is 19.5 Å². The van der Waals surface area contributed by atoms with Crippen LogP contribution in [-0.2, 0) is 11.2 Å². The van der Waals surface area contributed by atoms with Crippen molar-refractivity contribution in [2.45, 2.75) is 38.4 Å². The number of carbonyl (C=O) groups excluding carboxylic acids is 1. The van der Waals surface area contributed by atoms with Crippen LogP contribution in [0.5, 0.6) is 5.75 Å². The number of likely N-dealkylation sites (tertiary alicyclic amines) is 1. The van der Waals surface area contributed by atoms with Crippen LogP contribution in [0.3, 0.4) is 0 Å². The fourth-order valence-electron chi connectivity index (χ4n) is 2.39. The number of β-amino-alcohol motifs (C(OH)–C–C–N with tert-alkyl or cyclic N) is 1.